The molecule has 0 aromatic carbocycles. The van der Waals surface area contributed by atoms with Crippen molar-refractivity contribution in [3.05, 3.63) is 12.7 Å². The van der Waals surface area contributed by atoms with Gasteiger partial charge >= 0.3 is 0 Å². The van der Waals surface area contributed by atoms with Crippen molar-refractivity contribution < 1.29 is 9.84 Å². The fourth-order valence-corrected chi connectivity index (χ4v) is 2.27. The van der Waals surface area contributed by atoms with Gasteiger partial charge in [-0.2, -0.15) is 0 Å². The summed E-state index contributed by atoms with van der Waals surface area (Å²) in [5.41, 5.74) is 6.50. The number of ether oxygens (including phenoxy) is 1. The first-order valence-corrected chi connectivity index (χ1v) is 5.85. The van der Waals surface area contributed by atoms with E-state index in [4.69, 9.17) is 10.5 Å². The van der Waals surface area contributed by atoms with Crippen molar-refractivity contribution in [3.8, 4) is 0 Å². The topological polar surface area (TPSA) is 99.1 Å². The van der Waals surface area contributed by atoms with Gasteiger partial charge in [-0.05, 0) is 19.8 Å². The van der Waals surface area contributed by atoms with E-state index in [0.29, 0.717) is 17.0 Å². The molecule has 7 nitrogen and oxygen atoms in total. The third kappa shape index (κ3) is 1.63. The summed E-state index contributed by atoms with van der Waals surface area (Å²) in [4.78, 5) is 12.3. The Morgan fingerprint density at radius 3 is 3.11 bits per heavy atom. The highest BCUT2D eigenvalue weighted by molar-refractivity contribution is 5.81. The molecule has 18 heavy (non-hydrogen) atoms. The summed E-state index contributed by atoms with van der Waals surface area (Å²) in [6.45, 7) is 1.91. The Morgan fingerprint density at radius 2 is 2.39 bits per heavy atom. The SMILES string of the molecule is C[C@@]1(CO)CC[C@H](n2cnc3c(N)ncnc32)O1. The number of hydrogen-bond acceptors (Lipinski definition) is 6. The van der Waals surface area contributed by atoms with Gasteiger partial charge in [0.25, 0.3) is 0 Å². The Hall–Kier alpha value is -1.73. The minimum Gasteiger partial charge on any atom is -0.393 e. The summed E-state index contributed by atoms with van der Waals surface area (Å²) >= 11 is 0. The van der Waals surface area contributed by atoms with Crippen molar-refractivity contribution in [2.45, 2.75) is 31.6 Å². The van der Waals surface area contributed by atoms with Gasteiger partial charge in [-0.3, -0.25) is 4.57 Å². The van der Waals surface area contributed by atoms with E-state index in [-0.39, 0.29) is 12.8 Å². The minimum atomic E-state index is -0.486. The second-order valence-electron chi connectivity index (χ2n) is 4.80. The summed E-state index contributed by atoms with van der Waals surface area (Å²) < 4.78 is 7.70. The maximum Gasteiger partial charge on any atom is 0.167 e. The number of aromatic nitrogens is 4. The lowest BCUT2D eigenvalue weighted by molar-refractivity contribution is -0.0854. The summed E-state index contributed by atoms with van der Waals surface area (Å²) in [7, 11) is 0. The van der Waals surface area contributed by atoms with E-state index < -0.39 is 5.60 Å². The molecule has 0 saturated carbocycles. The maximum atomic E-state index is 9.30. The third-order valence-corrected chi connectivity index (χ3v) is 3.37. The first kappa shape index (κ1) is 11.4. The van der Waals surface area contributed by atoms with Crippen LogP contribution in [0.15, 0.2) is 12.7 Å². The second kappa shape index (κ2) is 3.89. The first-order valence-electron chi connectivity index (χ1n) is 5.85. The average Bonchev–Trinajstić information content (AvgIpc) is 2.94. The summed E-state index contributed by atoms with van der Waals surface area (Å²) in [6.07, 6.45) is 4.52. The molecule has 2 aromatic rings. The molecule has 0 aliphatic carbocycles. The fourth-order valence-electron chi connectivity index (χ4n) is 2.27. The highest BCUT2D eigenvalue weighted by atomic mass is 16.5. The molecule has 0 bridgehead atoms. The molecule has 1 aliphatic rings. The predicted octanol–water partition coefficient (Wildman–Crippen LogP) is 0.468. The number of nitrogens with two attached hydrogens (primary N) is 1. The van der Waals surface area contributed by atoms with Crippen molar-refractivity contribution in [2.75, 3.05) is 12.3 Å². The molecule has 1 fully saturated rings. The standard InChI is InChI=1S/C11H15N5O2/c1-11(4-17)3-2-7(18-11)16-6-15-8-9(12)13-5-14-10(8)16/h5-7,17H,2-4H2,1H3,(H2,12,13,14)/t7-,11+/m1/s1. The molecule has 3 N–H and O–H groups in total. The van der Waals surface area contributed by atoms with Gasteiger partial charge in [0.2, 0.25) is 0 Å². The van der Waals surface area contributed by atoms with Crippen LogP contribution >= 0.6 is 0 Å². The molecule has 2 aromatic heterocycles. The number of anilines is 1. The van der Waals surface area contributed by atoms with Gasteiger partial charge < -0.3 is 15.6 Å². The van der Waals surface area contributed by atoms with Crippen LogP contribution in [0.1, 0.15) is 26.0 Å². The van der Waals surface area contributed by atoms with Crippen LogP contribution in [0, 0.1) is 0 Å². The Morgan fingerprint density at radius 1 is 1.56 bits per heavy atom. The normalized spacial score (nSPS) is 28.0. The van der Waals surface area contributed by atoms with E-state index in [9.17, 15) is 5.11 Å². The predicted molar refractivity (Wildman–Crippen MR) is 64.6 cm³/mol. The largest absolute Gasteiger partial charge is 0.393 e. The zero-order chi connectivity index (χ0) is 12.8. The Labute approximate surface area is 104 Å². The lowest BCUT2D eigenvalue weighted by Gasteiger charge is -2.22. The van der Waals surface area contributed by atoms with Crippen molar-refractivity contribution in [1.29, 1.82) is 0 Å². The molecule has 3 heterocycles. The average molecular weight is 249 g/mol. The van der Waals surface area contributed by atoms with Gasteiger partial charge in [0.1, 0.15) is 18.1 Å². The number of nitrogens with zero attached hydrogens (tertiary/aromatic N) is 4. The number of hydrogen-bond donors (Lipinski definition) is 2. The maximum absolute atomic E-state index is 9.30. The highest BCUT2D eigenvalue weighted by Gasteiger charge is 2.37. The van der Waals surface area contributed by atoms with Crippen LogP contribution < -0.4 is 5.73 Å². The minimum absolute atomic E-state index is 0.00720. The highest BCUT2D eigenvalue weighted by Crippen LogP contribution is 2.37. The Bertz CT molecular complexity index is 584. The van der Waals surface area contributed by atoms with E-state index in [1.165, 1.54) is 6.33 Å². The zero-order valence-electron chi connectivity index (χ0n) is 10.1. The van der Waals surface area contributed by atoms with Crippen LogP contribution in [0.25, 0.3) is 11.2 Å². The summed E-state index contributed by atoms with van der Waals surface area (Å²) in [5.74, 6) is 0.363. The quantitative estimate of drug-likeness (QED) is 0.802. The van der Waals surface area contributed by atoms with Gasteiger partial charge in [-0.1, -0.05) is 0 Å². The number of aliphatic hydroxyl groups excluding tert-OH is 1. The van der Waals surface area contributed by atoms with E-state index in [0.717, 1.165) is 12.8 Å². The zero-order valence-corrected chi connectivity index (χ0v) is 10.1. The van der Waals surface area contributed by atoms with E-state index >= 15 is 0 Å². The van der Waals surface area contributed by atoms with Crippen LogP contribution in [0.4, 0.5) is 5.82 Å². The molecule has 96 valence electrons. The van der Waals surface area contributed by atoms with Crippen LogP contribution in [-0.2, 0) is 4.74 Å². The third-order valence-electron chi connectivity index (χ3n) is 3.37. The van der Waals surface area contributed by atoms with Gasteiger partial charge in [0.15, 0.2) is 11.5 Å². The molecule has 0 radical (unpaired) electrons. The number of imidazole rings is 1. The van der Waals surface area contributed by atoms with Gasteiger partial charge in [-0.25, -0.2) is 15.0 Å². The van der Waals surface area contributed by atoms with Crippen LogP contribution in [-0.4, -0.2) is 36.8 Å². The lowest BCUT2D eigenvalue weighted by Crippen LogP contribution is -2.28. The van der Waals surface area contributed by atoms with Crippen molar-refractivity contribution in [1.82, 2.24) is 19.5 Å². The van der Waals surface area contributed by atoms with Crippen LogP contribution in [0.5, 0.6) is 0 Å². The molecule has 0 unspecified atom stereocenters. The molecule has 3 rings (SSSR count). The Balaban J connectivity index is 1.99. The molecule has 0 spiro atoms. The van der Waals surface area contributed by atoms with Crippen molar-refractivity contribution in [2.24, 2.45) is 0 Å². The molecule has 1 aliphatic heterocycles. The molecular weight excluding hydrogens is 234 g/mol. The fraction of sp³-hybridized carbons (Fsp3) is 0.545. The van der Waals surface area contributed by atoms with Gasteiger partial charge in [0, 0.05) is 0 Å². The number of rotatable bonds is 2. The van der Waals surface area contributed by atoms with Crippen LogP contribution in [0.3, 0.4) is 0 Å². The molecular formula is C11H15N5O2. The smallest absolute Gasteiger partial charge is 0.167 e. The molecule has 7 heteroatoms. The van der Waals surface area contributed by atoms with E-state index in [1.54, 1.807) is 6.33 Å². The number of fused-ring (bicyclic) bond motifs is 1. The summed E-state index contributed by atoms with van der Waals surface area (Å²) in [6, 6.07) is 0. The Kier molecular flexibility index (Phi) is 2.46. The van der Waals surface area contributed by atoms with Crippen LogP contribution in [0.2, 0.25) is 0 Å². The van der Waals surface area contributed by atoms with Crippen molar-refractivity contribution in [3.63, 3.8) is 0 Å². The van der Waals surface area contributed by atoms with Crippen molar-refractivity contribution >= 4 is 17.0 Å². The molecule has 1 saturated heterocycles. The summed E-state index contributed by atoms with van der Waals surface area (Å²) in [5, 5.41) is 9.30. The van der Waals surface area contributed by atoms with Gasteiger partial charge in [0.05, 0.1) is 18.5 Å². The van der Waals surface area contributed by atoms with E-state index in [2.05, 4.69) is 15.0 Å². The first-order chi connectivity index (χ1) is 8.63. The lowest BCUT2D eigenvalue weighted by atomic mass is 10.0. The monoisotopic (exact) mass is 249 g/mol. The molecule has 2 atom stereocenters. The van der Waals surface area contributed by atoms with Gasteiger partial charge in [-0.15, -0.1) is 0 Å². The molecule has 0 amide bonds. The number of nitrogen functional groups attached to an aromatic ring is 1. The number of aliphatic hydroxyl groups is 1. The van der Waals surface area contributed by atoms with E-state index in [1.807, 2.05) is 11.5 Å². The second-order valence-corrected chi connectivity index (χ2v) is 4.80.